The van der Waals surface area contributed by atoms with Crippen LogP contribution in [0.25, 0.3) is 0 Å². The summed E-state index contributed by atoms with van der Waals surface area (Å²) in [6.07, 6.45) is 1.45. The zero-order chi connectivity index (χ0) is 14.6. The van der Waals surface area contributed by atoms with Crippen molar-refractivity contribution in [3.63, 3.8) is 0 Å². The first-order valence-electron chi connectivity index (χ1n) is 6.56. The predicted octanol–water partition coefficient (Wildman–Crippen LogP) is 3.08. The molecule has 0 aromatic carbocycles. The average molecular weight is 366 g/mol. The van der Waals surface area contributed by atoms with Gasteiger partial charge in [-0.1, -0.05) is 11.6 Å². The van der Waals surface area contributed by atoms with Crippen molar-refractivity contribution < 1.29 is 14.2 Å². The Bertz CT molecular complexity index is 462. The van der Waals surface area contributed by atoms with Crippen molar-refractivity contribution in [2.75, 3.05) is 26.9 Å². The molecule has 0 saturated carbocycles. The molecule has 2 heterocycles. The van der Waals surface area contributed by atoms with E-state index in [4.69, 9.17) is 25.8 Å². The lowest BCUT2D eigenvalue weighted by molar-refractivity contribution is -0.118. The first-order chi connectivity index (χ1) is 9.63. The Labute approximate surface area is 132 Å². The number of hydrogen-bond donors (Lipinski definition) is 0. The van der Waals surface area contributed by atoms with Gasteiger partial charge in [-0.15, -0.1) is 0 Å². The largest absolute Gasteiger partial charge is 0.381 e. The first-order valence-corrected chi connectivity index (χ1v) is 7.73. The zero-order valence-corrected chi connectivity index (χ0v) is 14.0. The van der Waals surface area contributed by atoms with Crippen LogP contribution >= 0.6 is 27.5 Å². The molecule has 0 aliphatic carbocycles. The molecule has 112 valence electrons. The van der Waals surface area contributed by atoms with E-state index >= 15 is 0 Å². The maximum absolute atomic E-state index is 6.20. The number of aromatic nitrogens is 2. The van der Waals surface area contributed by atoms with Gasteiger partial charge in [0.05, 0.1) is 16.8 Å². The smallest absolute Gasteiger partial charge is 0.162 e. The van der Waals surface area contributed by atoms with Crippen molar-refractivity contribution in [1.29, 1.82) is 0 Å². The highest BCUT2D eigenvalue weighted by Gasteiger charge is 2.39. The van der Waals surface area contributed by atoms with E-state index in [1.165, 1.54) is 0 Å². The minimum Gasteiger partial charge on any atom is -0.381 e. The lowest BCUT2D eigenvalue weighted by atomic mass is 9.93. The van der Waals surface area contributed by atoms with Gasteiger partial charge in [0.15, 0.2) is 5.82 Å². The molecular weight excluding hydrogens is 348 g/mol. The van der Waals surface area contributed by atoms with Crippen LogP contribution in [0.15, 0.2) is 4.47 Å². The summed E-state index contributed by atoms with van der Waals surface area (Å²) in [5.74, 6) is 0.614. The van der Waals surface area contributed by atoms with Crippen molar-refractivity contribution in [2.24, 2.45) is 0 Å². The van der Waals surface area contributed by atoms with E-state index in [1.807, 2.05) is 6.92 Å². The van der Waals surface area contributed by atoms with Gasteiger partial charge in [-0.25, -0.2) is 9.97 Å². The highest BCUT2D eigenvalue weighted by atomic mass is 79.9. The molecule has 1 aliphatic heterocycles. The van der Waals surface area contributed by atoms with Gasteiger partial charge in [-0.3, -0.25) is 0 Å². The molecule has 0 N–H and O–H groups in total. The van der Waals surface area contributed by atoms with Crippen LogP contribution in [0.4, 0.5) is 0 Å². The van der Waals surface area contributed by atoms with Gasteiger partial charge in [0, 0.05) is 39.8 Å². The van der Waals surface area contributed by atoms with E-state index in [2.05, 4.69) is 25.9 Å². The molecule has 0 atom stereocenters. The van der Waals surface area contributed by atoms with Crippen LogP contribution < -0.4 is 0 Å². The van der Waals surface area contributed by atoms with Gasteiger partial charge in [0.25, 0.3) is 0 Å². The average Bonchev–Trinajstić information content (AvgIpc) is 2.45. The molecule has 1 fully saturated rings. The normalized spacial score (nSPS) is 18.2. The van der Waals surface area contributed by atoms with E-state index in [9.17, 15) is 0 Å². The number of rotatable bonds is 5. The summed E-state index contributed by atoms with van der Waals surface area (Å²) >= 11 is 9.59. The fourth-order valence-electron chi connectivity index (χ4n) is 2.31. The Morgan fingerprint density at radius 1 is 1.35 bits per heavy atom. The molecule has 1 aliphatic rings. The molecule has 20 heavy (non-hydrogen) atoms. The molecule has 0 unspecified atom stereocenters. The van der Waals surface area contributed by atoms with Crippen LogP contribution in [-0.4, -0.2) is 36.9 Å². The molecule has 2 rings (SSSR count). The lowest BCUT2D eigenvalue weighted by Gasteiger charge is -2.35. The Morgan fingerprint density at radius 2 is 2.05 bits per heavy atom. The second kappa shape index (κ2) is 7.13. The third-order valence-corrected chi connectivity index (χ3v) is 4.62. The Balaban J connectivity index is 2.42. The fraction of sp³-hybridized carbons (Fsp3) is 0.692. The molecule has 0 bridgehead atoms. The SMILES string of the molecule is CCOC1(c2nc(Cl)c(Br)c(COC)n2)CCOCC1. The quantitative estimate of drug-likeness (QED) is 0.751. The van der Waals surface area contributed by atoms with Crippen LogP contribution in [0.2, 0.25) is 5.15 Å². The van der Waals surface area contributed by atoms with Gasteiger partial charge in [-0.2, -0.15) is 0 Å². The number of methoxy groups -OCH3 is 1. The van der Waals surface area contributed by atoms with E-state index in [0.29, 0.717) is 41.9 Å². The van der Waals surface area contributed by atoms with Gasteiger partial charge >= 0.3 is 0 Å². The molecule has 0 spiro atoms. The molecule has 7 heteroatoms. The summed E-state index contributed by atoms with van der Waals surface area (Å²) in [5, 5.41) is 0.382. The van der Waals surface area contributed by atoms with E-state index in [0.717, 1.165) is 18.5 Å². The highest BCUT2D eigenvalue weighted by Crippen LogP contribution is 2.36. The maximum atomic E-state index is 6.20. The number of nitrogens with zero attached hydrogens (tertiary/aromatic N) is 2. The highest BCUT2D eigenvalue weighted by molar-refractivity contribution is 9.10. The van der Waals surface area contributed by atoms with E-state index in [-0.39, 0.29) is 0 Å². The predicted molar refractivity (Wildman–Crippen MR) is 78.8 cm³/mol. The summed E-state index contributed by atoms with van der Waals surface area (Å²) < 4.78 is 17.2. The van der Waals surface area contributed by atoms with Gasteiger partial charge in [0.1, 0.15) is 10.8 Å². The van der Waals surface area contributed by atoms with E-state index < -0.39 is 5.60 Å². The van der Waals surface area contributed by atoms with Gasteiger partial charge in [0.2, 0.25) is 0 Å². The van der Waals surface area contributed by atoms with Crippen molar-refractivity contribution in [1.82, 2.24) is 9.97 Å². The molecule has 1 aromatic rings. The zero-order valence-electron chi connectivity index (χ0n) is 11.6. The second-order valence-corrected chi connectivity index (χ2v) is 5.72. The second-order valence-electron chi connectivity index (χ2n) is 4.57. The third kappa shape index (κ3) is 3.31. The van der Waals surface area contributed by atoms with Gasteiger partial charge in [-0.05, 0) is 22.9 Å². The van der Waals surface area contributed by atoms with Crippen molar-refractivity contribution in [3.05, 3.63) is 21.1 Å². The number of ether oxygens (including phenoxy) is 3. The van der Waals surface area contributed by atoms with Crippen LogP contribution in [0.3, 0.4) is 0 Å². The molecule has 1 aromatic heterocycles. The van der Waals surface area contributed by atoms with Crippen LogP contribution in [-0.2, 0) is 26.4 Å². The topological polar surface area (TPSA) is 53.5 Å². The standard InChI is InChI=1S/C13H18BrClN2O3/c1-3-20-13(4-6-19-7-5-13)12-16-9(8-18-2)10(14)11(15)17-12/h3-8H2,1-2H3. The van der Waals surface area contributed by atoms with Gasteiger partial charge < -0.3 is 14.2 Å². The summed E-state index contributed by atoms with van der Waals surface area (Å²) in [7, 11) is 1.62. The lowest BCUT2D eigenvalue weighted by Crippen LogP contribution is -2.38. The first kappa shape index (κ1) is 16.1. The van der Waals surface area contributed by atoms with Crippen LogP contribution in [0, 0.1) is 0 Å². The molecule has 1 saturated heterocycles. The Kier molecular flexibility index (Phi) is 5.74. The molecule has 0 radical (unpaired) electrons. The van der Waals surface area contributed by atoms with Crippen molar-refractivity contribution >= 4 is 27.5 Å². The Morgan fingerprint density at radius 3 is 2.65 bits per heavy atom. The minimum absolute atomic E-state index is 0.370. The van der Waals surface area contributed by atoms with E-state index in [1.54, 1.807) is 7.11 Å². The van der Waals surface area contributed by atoms with Crippen LogP contribution in [0.1, 0.15) is 31.3 Å². The summed E-state index contributed by atoms with van der Waals surface area (Å²) in [4.78, 5) is 8.99. The Hall–Kier alpha value is -0.270. The third-order valence-electron chi connectivity index (χ3n) is 3.29. The van der Waals surface area contributed by atoms with Crippen molar-refractivity contribution in [3.8, 4) is 0 Å². The number of halogens is 2. The van der Waals surface area contributed by atoms with Crippen LogP contribution in [0.5, 0.6) is 0 Å². The molecular formula is C13H18BrClN2O3. The fourth-order valence-corrected chi connectivity index (χ4v) is 2.79. The minimum atomic E-state index is -0.514. The maximum Gasteiger partial charge on any atom is 0.162 e. The summed E-state index contributed by atoms with van der Waals surface area (Å²) in [6, 6.07) is 0. The summed E-state index contributed by atoms with van der Waals surface area (Å²) in [6.45, 7) is 4.20. The number of hydrogen-bond acceptors (Lipinski definition) is 5. The summed E-state index contributed by atoms with van der Waals surface area (Å²) in [5.41, 5.74) is 0.216. The molecule has 0 amide bonds. The monoisotopic (exact) mass is 364 g/mol. The molecule has 5 nitrogen and oxygen atoms in total. The van der Waals surface area contributed by atoms with Crippen molar-refractivity contribution in [2.45, 2.75) is 32.0 Å².